The van der Waals surface area contributed by atoms with E-state index in [1.807, 2.05) is 6.92 Å². The topological polar surface area (TPSA) is 107 Å². The maximum Gasteiger partial charge on any atom is 0.252 e. The molecule has 36 heavy (non-hydrogen) atoms. The number of benzene rings is 3. The molecule has 3 aromatic carbocycles. The Morgan fingerprint density at radius 3 is 2.22 bits per heavy atom. The molecule has 1 N–H and O–H groups in total. The summed E-state index contributed by atoms with van der Waals surface area (Å²) >= 11 is 0. The number of aromatic nitrogens is 1. The number of aryl methyl sites for hydroxylation is 1. The first kappa shape index (κ1) is 22.4. The van der Waals surface area contributed by atoms with E-state index >= 15 is 0 Å². The Hall–Kier alpha value is -4.02. The van der Waals surface area contributed by atoms with Gasteiger partial charge in [0.05, 0.1) is 10.4 Å². The van der Waals surface area contributed by atoms with Crippen molar-refractivity contribution in [2.24, 2.45) is 0 Å². The fraction of sp³-hybridized carbons (Fsp3) is 0.192. The van der Waals surface area contributed by atoms with Gasteiger partial charge in [0.1, 0.15) is 0 Å². The minimum atomic E-state index is -3.94. The van der Waals surface area contributed by atoms with Gasteiger partial charge in [0, 0.05) is 30.1 Å². The maximum atomic E-state index is 13.7. The highest BCUT2D eigenvalue weighted by Gasteiger charge is 2.27. The summed E-state index contributed by atoms with van der Waals surface area (Å²) in [5.41, 5.74) is 2.15. The SMILES string of the molecule is Cc1ccc(S(=O)(=O)N(Cc2ccc3c(c2)OCO3)Cc2cc3cc4c(cc3[nH]c2=O)OCO4)cc1. The van der Waals surface area contributed by atoms with Crippen molar-refractivity contribution in [3.05, 3.63) is 87.7 Å². The Morgan fingerprint density at radius 1 is 0.806 bits per heavy atom. The number of H-pyrrole nitrogens is 1. The van der Waals surface area contributed by atoms with E-state index in [-0.39, 0.29) is 37.1 Å². The molecule has 2 aliphatic heterocycles. The molecular formula is C26H22N2O7S. The molecule has 0 spiro atoms. The summed E-state index contributed by atoms with van der Waals surface area (Å²) in [6.45, 7) is 2.02. The molecule has 1 aromatic heterocycles. The lowest BCUT2D eigenvalue weighted by Crippen LogP contribution is -2.32. The molecule has 0 amide bonds. The zero-order valence-electron chi connectivity index (χ0n) is 19.3. The van der Waals surface area contributed by atoms with Crippen molar-refractivity contribution in [1.82, 2.24) is 9.29 Å². The molecule has 184 valence electrons. The first-order chi connectivity index (χ1) is 17.4. The number of pyridine rings is 1. The number of rotatable bonds is 6. The van der Waals surface area contributed by atoms with Gasteiger partial charge < -0.3 is 23.9 Å². The highest BCUT2D eigenvalue weighted by molar-refractivity contribution is 7.89. The highest BCUT2D eigenvalue weighted by Crippen LogP contribution is 2.36. The van der Waals surface area contributed by atoms with E-state index in [9.17, 15) is 13.2 Å². The first-order valence-electron chi connectivity index (χ1n) is 11.3. The van der Waals surface area contributed by atoms with Crippen LogP contribution in [0, 0.1) is 6.92 Å². The van der Waals surface area contributed by atoms with Gasteiger partial charge in [-0.2, -0.15) is 4.31 Å². The largest absolute Gasteiger partial charge is 0.454 e. The second kappa shape index (κ2) is 8.58. The highest BCUT2D eigenvalue weighted by atomic mass is 32.2. The van der Waals surface area contributed by atoms with Crippen LogP contribution < -0.4 is 24.5 Å². The van der Waals surface area contributed by atoms with Crippen molar-refractivity contribution in [3.63, 3.8) is 0 Å². The third-order valence-corrected chi connectivity index (χ3v) is 8.02. The van der Waals surface area contributed by atoms with Crippen LogP contribution in [0.3, 0.4) is 0 Å². The van der Waals surface area contributed by atoms with Crippen molar-refractivity contribution in [3.8, 4) is 23.0 Å². The molecule has 10 heteroatoms. The van der Waals surface area contributed by atoms with E-state index in [0.29, 0.717) is 45.0 Å². The molecule has 0 fully saturated rings. The smallest absolute Gasteiger partial charge is 0.252 e. The molecule has 0 aliphatic carbocycles. The molecule has 9 nitrogen and oxygen atoms in total. The Labute approximate surface area is 206 Å². The lowest BCUT2D eigenvalue weighted by molar-refractivity contribution is 0.173. The van der Waals surface area contributed by atoms with E-state index in [4.69, 9.17) is 18.9 Å². The number of aromatic amines is 1. The van der Waals surface area contributed by atoms with Gasteiger partial charge in [-0.15, -0.1) is 0 Å². The number of fused-ring (bicyclic) bond motifs is 3. The number of ether oxygens (including phenoxy) is 4. The molecule has 0 unspecified atom stereocenters. The summed E-state index contributed by atoms with van der Waals surface area (Å²) in [5.74, 6) is 2.29. The average Bonchev–Trinajstić information content (AvgIpc) is 3.51. The van der Waals surface area contributed by atoms with Crippen LogP contribution in [0.4, 0.5) is 0 Å². The van der Waals surface area contributed by atoms with Crippen LogP contribution in [-0.4, -0.2) is 31.3 Å². The summed E-state index contributed by atoms with van der Waals surface area (Å²) in [4.78, 5) is 16.0. The Bertz CT molecular complexity index is 1650. The predicted octanol–water partition coefficient (Wildman–Crippen LogP) is 3.69. The molecule has 0 saturated carbocycles. The summed E-state index contributed by atoms with van der Waals surface area (Å²) in [6, 6.07) is 17.1. The fourth-order valence-electron chi connectivity index (χ4n) is 4.28. The van der Waals surface area contributed by atoms with Gasteiger partial charge in [-0.05, 0) is 48.9 Å². The van der Waals surface area contributed by atoms with E-state index in [2.05, 4.69) is 4.98 Å². The summed E-state index contributed by atoms with van der Waals surface area (Å²) < 4.78 is 50.4. The number of hydrogen-bond donors (Lipinski definition) is 1. The molecule has 3 heterocycles. The normalized spacial score (nSPS) is 14.1. The second-order valence-electron chi connectivity index (χ2n) is 8.69. The van der Waals surface area contributed by atoms with Crippen molar-refractivity contribution >= 4 is 20.9 Å². The Morgan fingerprint density at radius 2 is 1.47 bits per heavy atom. The predicted molar refractivity (Wildman–Crippen MR) is 131 cm³/mol. The Balaban J connectivity index is 1.40. The molecule has 6 rings (SSSR count). The minimum absolute atomic E-state index is 0.0332. The molecular weight excluding hydrogens is 484 g/mol. The first-order valence-corrected chi connectivity index (χ1v) is 12.7. The average molecular weight is 507 g/mol. The van der Waals surface area contributed by atoms with Crippen molar-refractivity contribution in [2.45, 2.75) is 24.9 Å². The Kier molecular flexibility index (Phi) is 5.35. The number of nitrogens with zero attached hydrogens (tertiary/aromatic N) is 1. The molecule has 0 saturated heterocycles. The van der Waals surface area contributed by atoms with Crippen LogP contribution in [-0.2, 0) is 23.1 Å². The van der Waals surface area contributed by atoms with Gasteiger partial charge >= 0.3 is 0 Å². The van der Waals surface area contributed by atoms with Crippen LogP contribution in [0.2, 0.25) is 0 Å². The quantitative estimate of drug-likeness (QED) is 0.425. The van der Waals surface area contributed by atoms with E-state index in [1.165, 1.54) is 4.31 Å². The van der Waals surface area contributed by atoms with Gasteiger partial charge in [0.25, 0.3) is 5.56 Å². The second-order valence-corrected chi connectivity index (χ2v) is 10.6. The summed E-state index contributed by atoms with van der Waals surface area (Å²) in [5, 5.41) is 0.713. The van der Waals surface area contributed by atoms with Gasteiger partial charge in [0.15, 0.2) is 23.0 Å². The van der Waals surface area contributed by atoms with Gasteiger partial charge in [-0.1, -0.05) is 23.8 Å². The van der Waals surface area contributed by atoms with E-state index < -0.39 is 10.0 Å². The zero-order valence-corrected chi connectivity index (χ0v) is 20.1. The third kappa shape index (κ3) is 4.04. The summed E-state index contributed by atoms with van der Waals surface area (Å²) in [6.07, 6.45) is 0. The molecule has 4 aromatic rings. The molecule has 0 bridgehead atoms. The third-order valence-electron chi connectivity index (χ3n) is 6.22. The van der Waals surface area contributed by atoms with E-state index in [1.54, 1.807) is 60.7 Å². The maximum absolute atomic E-state index is 13.7. The lowest BCUT2D eigenvalue weighted by atomic mass is 10.1. The molecule has 0 radical (unpaired) electrons. The van der Waals surface area contributed by atoms with Crippen molar-refractivity contribution < 1.29 is 27.4 Å². The van der Waals surface area contributed by atoms with E-state index in [0.717, 1.165) is 5.56 Å². The van der Waals surface area contributed by atoms with Crippen molar-refractivity contribution in [2.75, 3.05) is 13.6 Å². The van der Waals surface area contributed by atoms with Gasteiger partial charge in [-0.25, -0.2) is 8.42 Å². The lowest BCUT2D eigenvalue weighted by Gasteiger charge is -2.23. The minimum Gasteiger partial charge on any atom is -0.454 e. The number of nitrogens with one attached hydrogen (secondary N) is 1. The summed E-state index contributed by atoms with van der Waals surface area (Å²) in [7, 11) is -3.94. The van der Waals surface area contributed by atoms with Gasteiger partial charge in [-0.3, -0.25) is 4.79 Å². The van der Waals surface area contributed by atoms with Crippen LogP contribution in [0.25, 0.3) is 10.9 Å². The molecule has 2 aliphatic rings. The van der Waals surface area contributed by atoms with Crippen LogP contribution >= 0.6 is 0 Å². The fourth-order valence-corrected chi connectivity index (χ4v) is 5.68. The number of hydrogen-bond acceptors (Lipinski definition) is 7. The van der Waals surface area contributed by atoms with Crippen LogP contribution in [0.5, 0.6) is 23.0 Å². The van der Waals surface area contributed by atoms with Gasteiger partial charge in [0.2, 0.25) is 23.6 Å². The monoisotopic (exact) mass is 506 g/mol. The van der Waals surface area contributed by atoms with Crippen molar-refractivity contribution in [1.29, 1.82) is 0 Å². The molecule has 0 atom stereocenters. The number of sulfonamides is 1. The standard InChI is InChI=1S/C26H22N2O7S/c1-16-2-5-20(6-3-16)36(30,31)28(12-17-4-7-22-23(8-17)33-14-32-22)13-19-9-18-10-24-25(35-15-34-24)11-21(18)27-26(19)29/h2-11H,12-15H2,1H3,(H,27,29). The zero-order chi connectivity index (χ0) is 24.9. The van der Waals surface area contributed by atoms with Crippen LogP contribution in [0.15, 0.2) is 70.4 Å². The van der Waals surface area contributed by atoms with Crippen LogP contribution in [0.1, 0.15) is 16.7 Å².